The molecule has 6 heteroatoms. The van der Waals surface area contributed by atoms with E-state index in [2.05, 4.69) is 6.92 Å². The standard InChI is InChI=1S/C30H38O6/c1-28-14-12-20(31)17-19(28)6-11-23-24-13-15-30(34,29(24,2)18-25(32)27(23)28)26(33)5-4-16-36-22-9-7-21(35-3)8-10-22/h7-10,12,14,17,23-25,27,32,34H,4-6,11,13,15-16,18H2,1-3H3/t23-,24-,25-,27+,28-,29-,30-/m0/s1. The van der Waals surface area contributed by atoms with E-state index in [1.165, 1.54) is 0 Å². The summed E-state index contributed by atoms with van der Waals surface area (Å²) in [6.07, 6.45) is 8.82. The van der Waals surface area contributed by atoms with Crippen molar-refractivity contribution in [3.8, 4) is 11.5 Å². The molecular weight excluding hydrogens is 456 g/mol. The van der Waals surface area contributed by atoms with Gasteiger partial charge < -0.3 is 19.7 Å². The Bertz CT molecular complexity index is 1090. The van der Waals surface area contributed by atoms with Crippen LogP contribution in [0.4, 0.5) is 0 Å². The number of hydrogen-bond acceptors (Lipinski definition) is 6. The molecule has 0 heterocycles. The van der Waals surface area contributed by atoms with Crippen molar-refractivity contribution in [2.45, 2.75) is 70.5 Å². The third-order valence-electron chi connectivity index (χ3n) is 9.99. The lowest BCUT2D eigenvalue weighted by Crippen LogP contribution is -2.61. The molecule has 0 bridgehead atoms. The van der Waals surface area contributed by atoms with Gasteiger partial charge in [0.1, 0.15) is 17.1 Å². The highest BCUT2D eigenvalue weighted by molar-refractivity contribution is 6.01. The molecule has 5 rings (SSSR count). The lowest BCUT2D eigenvalue weighted by molar-refractivity contribution is -0.176. The van der Waals surface area contributed by atoms with Crippen LogP contribution in [-0.2, 0) is 9.59 Å². The normalized spacial score (nSPS) is 39.0. The van der Waals surface area contributed by atoms with Gasteiger partial charge in [0, 0.05) is 23.2 Å². The predicted octanol–water partition coefficient (Wildman–Crippen LogP) is 4.43. The third kappa shape index (κ3) is 3.84. The highest BCUT2D eigenvalue weighted by Gasteiger charge is 2.67. The van der Waals surface area contributed by atoms with E-state index >= 15 is 0 Å². The number of hydrogen-bond donors (Lipinski definition) is 2. The highest BCUT2D eigenvalue weighted by atomic mass is 16.5. The van der Waals surface area contributed by atoms with Gasteiger partial charge in [0.15, 0.2) is 11.6 Å². The number of Topliss-reactive ketones (excluding diaryl/α,β-unsaturated/α-hetero) is 1. The number of aliphatic hydroxyl groups excluding tert-OH is 1. The van der Waals surface area contributed by atoms with Gasteiger partial charge in [-0.15, -0.1) is 0 Å². The molecule has 36 heavy (non-hydrogen) atoms. The van der Waals surface area contributed by atoms with Gasteiger partial charge in [-0.25, -0.2) is 0 Å². The summed E-state index contributed by atoms with van der Waals surface area (Å²) >= 11 is 0. The monoisotopic (exact) mass is 494 g/mol. The summed E-state index contributed by atoms with van der Waals surface area (Å²) in [7, 11) is 1.61. The number of fused-ring (bicyclic) bond motifs is 5. The van der Waals surface area contributed by atoms with Gasteiger partial charge in [0.25, 0.3) is 0 Å². The van der Waals surface area contributed by atoms with Gasteiger partial charge in [0.2, 0.25) is 0 Å². The minimum absolute atomic E-state index is 0.00438. The van der Waals surface area contributed by atoms with Crippen molar-refractivity contribution in [3.63, 3.8) is 0 Å². The first-order valence-corrected chi connectivity index (χ1v) is 13.3. The smallest absolute Gasteiger partial charge is 0.178 e. The predicted molar refractivity (Wildman–Crippen MR) is 136 cm³/mol. The second-order valence-corrected chi connectivity index (χ2v) is 11.7. The first-order valence-electron chi connectivity index (χ1n) is 13.3. The fraction of sp³-hybridized carbons (Fsp3) is 0.600. The number of methoxy groups -OCH3 is 1. The lowest BCUT2D eigenvalue weighted by Gasteiger charge is -2.59. The summed E-state index contributed by atoms with van der Waals surface area (Å²) in [6.45, 7) is 4.55. The Morgan fingerprint density at radius 2 is 1.86 bits per heavy atom. The van der Waals surface area contributed by atoms with E-state index in [9.17, 15) is 19.8 Å². The number of rotatable bonds is 7. The number of benzene rings is 1. The van der Waals surface area contributed by atoms with Crippen molar-refractivity contribution in [1.82, 2.24) is 0 Å². The van der Waals surface area contributed by atoms with Crippen LogP contribution in [0.25, 0.3) is 0 Å². The number of aliphatic hydroxyl groups is 2. The Balaban J connectivity index is 1.27. The first-order chi connectivity index (χ1) is 17.1. The average Bonchev–Trinajstić information content (AvgIpc) is 3.13. The average molecular weight is 495 g/mol. The van der Waals surface area contributed by atoms with Crippen LogP contribution in [0, 0.1) is 28.6 Å². The van der Waals surface area contributed by atoms with Gasteiger partial charge >= 0.3 is 0 Å². The van der Waals surface area contributed by atoms with E-state index in [0.29, 0.717) is 31.6 Å². The summed E-state index contributed by atoms with van der Waals surface area (Å²) in [6, 6.07) is 7.32. The van der Waals surface area contributed by atoms with Gasteiger partial charge in [0.05, 0.1) is 19.8 Å². The largest absolute Gasteiger partial charge is 0.497 e. The first kappa shape index (κ1) is 25.2. The summed E-state index contributed by atoms with van der Waals surface area (Å²) < 4.78 is 10.9. The van der Waals surface area contributed by atoms with Crippen molar-refractivity contribution >= 4 is 11.6 Å². The van der Waals surface area contributed by atoms with Crippen LogP contribution in [0.15, 0.2) is 48.1 Å². The van der Waals surface area contributed by atoms with Crippen molar-refractivity contribution in [2.24, 2.45) is 28.6 Å². The molecule has 0 spiro atoms. The molecule has 4 aliphatic rings. The number of ether oxygens (including phenoxy) is 2. The van der Waals surface area contributed by atoms with E-state index in [0.717, 1.165) is 30.6 Å². The van der Waals surface area contributed by atoms with E-state index in [-0.39, 0.29) is 41.2 Å². The Labute approximate surface area is 213 Å². The molecule has 3 fully saturated rings. The minimum atomic E-state index is -1.43. The summed E-state index contributed by atoms with van der Waals surface area (Å²) in [5.74, 6) is 1.73. The van der Waals surface area contributed by atoms with Crippen LogP contribution < -0.4 is 9.47 Å². The van der Waals surface area contributed by atoms with Gasteiger partial charge in [-0.3, -0.25) is 9.59 Å². The van der Waals surface area contributed by atoms with E-state index in [1.807, 2.05) is 37.3 Å². The molecule has 1 aromatic rings. The molecule has 2 N–H and O–H groups in total. The second-order valence-electron chi connectivity index (χ2n) is 11.7. The molecule has 0 unspecified atom stereocenters. The zero-order valence-corrected chi connectivity index (χ0v) is 21.5. The Morgan fingerprint density at radius 3 is 2.58 bits per heavy atom. The molecule has 0 aliphatic heterocycles. The zero-order valence-electron chi connectivity index (χ0n) is 21.5. The number of allylic oxidation sites excluding steroid dienone is 4. The van der Waals surface area contributed by atoms with Crippen LogP contribution in [0.1, 0.15) is 58.8 Å². The number of carbonyl (C=O) groups is 2. The summed E-state index contributed by atoms with van der Waals surface area (Å²) in [5, 5.41) is 23.3. The van der Waals surface area contributed by atoms with Crippen LogP contribution in [-0.4, -0.2) is 47.2 Å². The maximum atomic E-state index is 13.5. The molecular formula is C30H38O6. The molecule has 0 aromatic heterocycles. The van der Waals surface area contributed by atoms with Crippen LogP contribution in [0.3, 0.4) is 0 Å². The van der Waals surface area contributed by atoms with Crippen molar-refractivity contribution < 1.29 is 29.3 Å². The lowest BCUT2D eigenvalue weighted by atomic mass is 9.46. The maximum Gasteiger partial charge on any atom is 0.178 e. The van der Waals surface area contributed by atoms with Gasteiger partial charge in [-0.2, -0.15) is 0 Å². The van der Waals surface area contributed by atoms with E-state index < -0.39 is 17.1 Å². The zero-order chi connectivity index (χ0) is 25.7. The third-order valence-corrected chi connectivity index (χ3v) is 9.99. The molecule has 0 saturated heterocycles. The van der Waals surface area contributed by atoms with Crippen LogP contribution in [0.5, 0.6) is 11.5 Å². The molecule has 6 nitrogen and oxygen atoms in total. The molecule has 194 valence electrons. The van der Waals surface area contributed by atoms with Gasteiger partial charge in [-0.05, 0) is 86.8 Å². The SMILES string of the molecule is COc1ccc(OCCCC(=O)[C@@]2(O)CC[C@H]3[C@@H]4CCC5=CC(=O)C=C[C@]5(C)[C@H]4[C@@H](O)C[C@@]32C)cc1. The van der Waals surface area contributed by atoms with Crippen LogP contribution >= 0.6 is 0 Å². The Kier molecular flexibility index (Phi) is 6.40. The van der Waals surface area contributed by atoms with E-state index in [1.54, 1.807) is 19.3 Å². The Morgan fingerprint density at radius 1 is 1.14 bits per heavy atom. The summed E-state index contributed by atoms with van der Waals surface area (Å²) in [5.41, 5.74) is -1.33. The van der Waals surface area contributed by atoms with Crippen molar-refractivity contribution in [1.29, 1.82) is 0 Å². The topological polar surface area (TPSA) is 93.1 Å². The van der Waals surface area contributed by atoms with Gasteiger partial charge in [-0.1, -0.05) is 25.5 Å². The second kappa shape index (κ2) is 9.14. The molecule has 7 atom stereocenters. The summed E-state index contributed by atoms with van der Waals surface area (Å²) in [4.78, 5) is 25.5. The fourth-order valence-electron chi connectivity index (χ4n) is 8.09. The quantitative estimate of drug-likeness (QED) is 0.545. The fourth-order valence-corrected chi connectivity index (χ4v) is 8.09. The van der Waals surface area contributed by atoms with E-state index in [4.69, 9.17) is 9.47 Å². The Hall–Kier alpha value is -2.44. The minimum Gasteiger partial charge on any atom is -0.497 e. The number of carbonyl (C=O) groups excluding carboxylic acids is 2. The molecule has 3 saturated carbocycles. The molecule has 1 aromatic carbocycles. The molecule has 0 amide bonds. The number of ketones is 2. The van der Waals surface area contributed by atoms with Crippen LogP contribution in [0.2, 0.25) is 0 Å². The molecule has 0 radical (unpaired) electrons. The van der Waals surface area contributed by atoms with Crippen molar-refractivity contribution in [3.05, 3.63) is 48.1 Å². The maximum absolute atomic E-state index is 13.5. The highest BCUT2D eigenvalue weighted by Crippen LogP contribution is 2.67. The van der Waals surface area contributed by atoms with Crippen molar-refractivity contribution in [2.75, 3.05) is 13.7 Å². The molecule has 4 aliphatic carbocycles.